The van der Waals surface area contributed by atoms with Gasteiger partial charge in [-0.25, -0.2) is 0 Å². The molecule has 0 aromatic heterocycles. The number of hydrogen-bond donors (Lipinski definition) is 1. The van der Waals surface area contributed by atoms with Crippen LogP contribution in [0.25, 0.3) is 0 Å². The molecule has 1 aromatic rings. The first-order valence-electron chi connectivity index (χ1n) is 7.21. The van der Waals surface area contributed by atoms with Crippen LogP contribution < -0.4 is 5.32 Å². The van der Waals surface area contributed by atoms with Gasteiger partial charge in [0.25, 0.3) is 0 Å². The van der Waals surface area contributed by atoms with Gasteiger partial charge >= 0.3 is 0 Å². The highest BCUT2D eigenvalue weighted by Gasteiger charge is 2.25. The summed E-state index contributed by atoms with van der Waals surface area (Å²) < 4.78 is 5.30. The Kier molecular flexibility index (Phi) is 5.56. The third-order valence-corrected chi connectivity index (χ3v) is 3.63. The lowest BCUT2D eigenvalue weighted by atomic mass is 10.1. The monoisotopic (exact) mass is 276 g/mol. The topological polar surface area (TPSA) is 41.6 Å². The standard InChI is InChI=1S/C16H24N2O2/c1-18(11-16(19)17-14-8-9-14)15(12-20-2)10-13-6-4-3-5-7-13/h3-7,14-15H,8-12H2,1-2H3,(H,17,19). The number of methoxy groups -OCH3 is 1. The molecule has 1 amide bonds. The summed E-state index contributed by atoms with van der Waals surface area (Å²) in [5.41, 5.74) is 1.27. The lowest BCUT2D eigenvalue weighted by molar-refractivity contribution is -0.122. The van der Waals surface area contributed by atoms with E-state index < -0.39 is 0 Å². The van der Waals surface area contributed by atoms with Crippen LogP contribution in [0.2, 0.25) is 0 Å². The second kappa shape index (κ2) is 7.41. The molecule has 0 saturated heterocycles. The maximum atomic E-state index is 11.9. The second-order valence-electron chi connectivity index (χ2n) is 5.56. The predicted molar refractivity (Wildman–Crippen MR) is 79.6 cm³/mol. The van der Waals surface area contributed by atoms with Gasteiger partial charge in [0.2, 0.25) is 5.91 Å². The number of nitrogens with one attached hydrogen (secondary N) is 1. The molecule has 0 bridgehead atoms. The molecule has 0 spiro atoms. The summed E-state index contributed by atoms with van der Waals surface area (Å²) in [6.07, 6.45) is 3.14. The van der Waals surface area contributed by atoms with Crippen molar-refractivity contribution < 1.29 is 9.53 Å². The zero-order valence-electron chi connectivity index (χ0n) is 12.3. The van der Waals surface area contributed by atoms with Gasteiger partial charge in [-0.3, -0.25) is 9.69 Å². The maximum Gasteiger partial charge on any atom is 0.234 e. The Bertz CT molecular complexity index is 418. The fourth-order valence-corrected chi connectivity index (χ4v) is 2.28. The molecule has 1 aliphatic carbocycles. The molecule has 1 atom stereocenters. The number of hydrogen-bond acceptors (Lipinski definition) is 3. The maximum absolute atomic E-state index is 11.9. The van der Waals surface area contributed by atoms with Crippen LogP contribution in [0.4, 0.5) is 0 Å². The number of carbonyl (C=O) groups excluding carboxylic acids is 1. The fourth-order valence-electron chi connectivity index (χ4n) is 2.28. The SMILES string of the molecule is COCC(Cc1ccccc1)N(C)CC(=O)NC1CC1. The van der Waals surface area contributed by atoms with E-state index in [2.05, 4.69) is 22.3 Å². The van der Waals surface area contributed by atoms with Crippen LogP contribution in [0.15, 0.2) is 30.3 Å². The summed E-state index contributed by atoms with van der Waals surface area (Å²) in [5, 5.41) is 3.02. The summed E-state index contributed by atoms with van der Waals surface area (Å²) in [5.74, 6) is 0.115. The van der Waals surface area contributed by atoms with E-state index in [1.54, 1.807) is 7.11 Å². The van der Waals surface area contributed by atoms with E-state index in [0.29, 0.717) is 19.2 Å². The number of nitrogens with zero attached hydrogens (tertiary/aromatic N) is 1. The molecule has 0 aliphatic heterocycles. The minimum absolute atomic E-state index is 0.115. The van der Waals surface area contributed by atoms with E-state index in [1.807, 2.05) is 25.2 Å². The molecular weight excluding hydrogens is 252 g/mol. The second-order valence-corrected chi connectivity index (χ2v) is 5.56. The van der Waals surface area contributed by atoms with Crippen LogP contribution >= 0.6 is 0 Å². The summed E-state index contributed by atoms with van der Waals surface area (Å²) in [4.78, 5) is 13.9. The van der Waals surface area contributed by atoms with Crippen molar-refractivity contribution in [2.75, 3.05) is 27.3 Å². The van der Waals surface area contributed by atoms with E-state index >= 15 is 0 Å². The van der Waals surface area contributed by atoms with Crippen molar-refractivity contribution in [2.45, 2.75) is 31.3 Å². The van der Waals surface area contributed by atoms with Crippen molar-refractivity contribution in [3.8, 4) is 0 Å². The van der Waals surface area contributed by atoms with E-state index in [0.717, 1.165) is 19.3 Å². The molecule has 1 fully saturated rings. The number of likely N-dealkylation sites (N-methyl/N-ethyl adjacent to an activating group) is 1. The fraction of sp³-hybridized carbons (Fsp3) is 0.562. The molecule has 1 aromatic carbocycles. The molecule has 1 N–H and O–H groups in total. The average molecular weight is 276 g/mol. The largest absolute Gasteiger partial charge is 0.383 e. The van der Waals surface area contributed by atoms with Gasteiger partial charge in [0, 0.05) is 19.2 Å². The molecular formula is C16H24N2O2. The number of ether oxygens (including phenoxy) is 1. The van der Waals surface area contributed by atoms with E-state index in [9.17, 15) is 4.79 Å². The van der Waals surface area contributed by atoms with Gasteiger partial charge in [-0.05, 0) is 31.9 Å². The van der Waals surface area contributed by atoms with Gasteiger partial charge in [0.1, 0.15) is 0 Å². The predicted octanol–water partition coefficient (Wildman–Crippen LogP) is 1.45. The summed E-state index contributed by atoms with van der Waals surface area (Å²) in [6, 6.07) is 11.0. The first-order valence-corrected chi connectivity index (χ1v) is 7.21. The van der Waals surface area contributed by atoms with E-state index in [-0.39, 0.29) is 11.9 Å². The minimum atomic E-state index is 0.115. The summed E-state index contributed by atoms with van der Waals surface area (Å²) in [6.45, 7) is 1.06. The molecule has 0 heterocycles. The summed E-state index contributed by atoms with van der Waals surface area (Å²) in [7, 11) is 3.69. The highest BCUT2D eigenvalue weighted by molar-refractivity contribution is 5.78. The average Bonchev–Trinajstić information content (AvgIpc) is 3.23. The van der Waals surface area contributed by atoms with Crippen molar-refractivity contribution >= 4 is 5.91 Å². The van der Waals surface area contributed by atoms with Gasteiger partial charge in [-0.15, -0.1) is 0 Å². The Morgan fingerprint density at radius 1 is 1.40 bits per heavy atom. The molecule has 20 heavy (non-hydrogen) atoms. The smallest absolute Gasteiger partial charge is 0.234 e. The molecule has 4 nitrogen and oxygen atoms in total. The minimum Gasteiger partial charge on any atom is -0.383 e. The zero-order chi connectivity index (χ0) is 14.4. The van der Waals surface area contributed by atoms with Crippen LogP contribution in [-0.2, 0) is 16.0 Å². The van der Waals surface area contributed by atoms with Crippen LogP contribution in [0.1, 0.15) is 18.4 Å². The normalized spacial score (nSPS) is 16.1. The Morgan fingerprint density at radius 2 is 2.10 bits per heavy atom. The van der Waals surface area contributed by atoms with Gasteiger partial charge in [-0.2, -0.15) is 0 Å². The van der Waals surface area contributed by atoms with Crippen LogP contribution in [0.5, 0.6) is 0 Å². The Balaban J connectivity index is 1.87. The summed E-state index contributed by atoms with van der Waals surface area (Å²) >= 11 is 0. The third kappa shape index (κ3) is 4.94. The number of amides is 1. The van der Waals surface area contributed by atoms with Crippen LogP contribution in [0.3, 0.4) is 0 Å². The number of carbonyl (C=O) groups is 1. The number of benzene rings is 1. The van der Waals surface area contributed by atoms with Crippen molar-refractivity contribution in [3.05, 3.63) is 35.9 Å². The molecule has 1 aliphatic rings. The lowest BCUT2D eigenvalue weighted by Crippen LogP contribution is -2.44. The lowest BCUT2D eigenvalue weighted by Gasteiger charge is -2.27. The first-order chi connectivity index (χ1) is 9.69. The highest BCUT2D eigenvalue weighted by Crippen LogP contribution is 2.18. The first kappa shape index (κ1) is 15.0. The van der Waals surface area contributed by atoms with Gasteiger partial charge in [0.05, 0.1) is 13.2 Å². The van der Waals surface area contributed by atoms with Gasteiger partial charge in [0.15, 0.2) is 0 Å². The van der Waals surface area contributed by atoms with Gasteiger partial charge in [-0.1, -0.05) is 30.3 Å². The third-order valence-electron chi connectivity index (χ3n) is 3.63. The van der Waals surface area contributed by atoms with Crippen LogP contribution in [-0.4, -0.2) is 50.2 Å². The Hall–Kier alpha value is -1.39. The van der Waals surface area contributed by atoms with E-state index in [4.69, 9.17) is 4.74 Å². The molecule has 2 rings (SSSR count). The highest BCUT2D eigenvalue weighted by atomic mass is 16.5. The van der Waals surface area contributed by atoms with E-state index in [1.165, 1.54) is 5.56 Å². The molecule has 110 valence electrons. The van der Waals surface area contributed by atoms with Crippen molar-refractivity contribution in [1.29, 1.82) is 0 Å². The zero-order valence-corrected chi connectivity index (χ0v) is 12.3. The Labute approximate surface area is 121 Å². The molecule has 1 saturated carbocycles. The van der Waals surface area contributed by atoms with Crippen molar-refractivity contribution in [3.63, 3.8) is 0 Å². The number of rotatable bonds is 8. The quantitative estimate of drug-likeness (QED) is 0.781. The Morgan fingerprint density at radius 3 is 2.70 bits per heavy atom. The molecule has 1 unspecified atom stereocenters. The molecule has 0 radical (unpaired) electrons. The van der Waals surface area contributed by atoms with Crippen LogP contribution in [0, 0.1) is 0 Å². The van der Waals surface area contributed by atoms with Gasteiger partial charge < -0.3 is 10.1 Å². The molecule has 4 heteroatoms. The van der Waals surface area contributed by atoms with Crippen molar-refractivity contribution in [2.24, 2.45) is 0 Å². The van der Waals surface area contributed by atoms with Crippen molar-refractivity contribution in [1.82, 2.24) is 10.2 Å².